The van der Waals surface area contributed by atoms with Gasteiger partial charge in [-0.05, 0) is 72.3 Å². The number of rotatable bonds is 6. The Morgan fingerprint density at radius 2 is 1.83 bits per heavy atom. The molecular formula is C18H19FN4. The number of hydrogen-bond donors (Lipinski definition) is 2. The third kappa shape index (κ3) is 3.46. The third-order valence-corrected chi connectivity index (χ3v) is 3.89. The first kappa shape index (κ1) is 15.4. The maximum atomic E-state index is 14.5. The van der Waals surface area contributed by atoms with Crippen molar-refractivity contribution in [1.82, 2.24) is 15.2 Å². The topological polar surface area (TPSA) is 67.6 Å². The lowest BCUT2D eigenvalue weighted by Crippen LogP contribution is -2.00. The molecular weight excluding hydrogens is 291 g/mol. The summed E-state index contributed by atoms with van der Waals surface area (Å²) in [5.41, 5.74) is 9.92. The molecule has 0 saturated carbocycles. The van der Waals surface area contributed by atoms with Crippen molar-refractivity contribution in [2.75, 3.05) is 6.54 Å². The van der Waals surface area contributed by atoms with Gasteiger partial charge in [-0.2, -0.15) is 5.10 Å². The fourth-order valence-electron chi connectivity index (χ4n) is 2.68. The van der Waals surface area contributed by atoms with E-state index in [2.05, 4.69) is 15.2 Å². The van der Waals surface area contributed by atoms with Crippen LogP contribution in [0.25, 0.3) is 22.3 Å². The van der Waals surface area contributed by atoms with E-state index in [-0.39, 0.29) is 5.82 Å². The Morgan fingerprint density at radius 3 is 2.52 bits per heavy atom. The van der Waals surface area contributed by atoms with Crippen molar-refractivity contribution in [1.29, 1.82) is 0 Å². The molecule has 0 amide bonds. The highest BCUT2D eigenvalue weighted by atomic mass is 19.1. The number of aromatic amines is 1. The maximum Gasteiger partial charge on any atom is 0.127 e. The van der Waals surface area contributed by atoms with E-state index in [1.54, 1.807) is 24.7 Å². The van der Waals surface area contributed by atoms with Crippen LogP contribution >= 0.6 is 0 Å². The molecule has 5 heteroatoms. The van der Waals surface area contributed by atoms with Gasteiger partial charge in [0.1, 0.15) is 5.82 Å². The molecule has 0 aliphatic rings. The summed E-state index contributed by atoms with van der Waals surface area (Å²) in [6, 6.07) is 7.29. The molecule has 0 aliphatic heterocycles. The van der Waals surface area contributed by atoms with Gasteiger partial charge in [0.15, 0.2) is 0 Å². The molecule has 0 bridgehead atoms. The van der Waals surface area contributed by atoms with Gasteiger partial charge in [0.25, 0.3) is 0 Å². The second-order valence-electron chi connectivity index (χ2n) is 5.46. The highest BCUT2D eigenvalue weighted by Crippen LogP contribution is 2.34. The number of pyridine rings is 1. The van der Waals surface area contributed by atoms with Gasteiger partial charge < -0.3 is 5.73 Å². The van der Waals surface area contributed by atoms with Crippen molar-refractivity contribution in [3.63, 3.8) is 0 Å². The lowest BCUT2D eigenvalue weighted by atomic mass is 9.93. The number of nitrogens with zero attached hydrogens (tertiary/aromatic N) is 2. The van der Waals surface area contributed by atoms with Gasteiger partial charge in [0, 0.05) is 24.2 Å². The molecule has 0 saturated heterocycles. The summed E-state index contributed by atoms with van der Waals surface area (Å²) in [6.07, 6.45) is 9.45. The van der Waals surface area contributed by atoms with Gasteiger partial charge in [-0.1, -0.05) is 0 Å². The molecule has 3 N–H and O–H groups in total. The number of aromatic nitrogens is 3. The summed E-state index contributed by atoms with van der Waals surface area (Å²) in [4.78, 5) is 4.03. The van der Waals surface area contributed by atoms with Crippen LogP contribution in [0.3, 0.4) is 0 Å². The maximum absolute atomic E-state index is 14.5. The number of halogens is 1. The Morgan fingerprint density at radius 1 is 1.04 bits per heavy atom. The molecule has 0 aliphatic carbocycles. The van der Waals surface area contributed by atoms with E-state index in [4.69, 9.17) is 5.73 Å². The molecule has 118 valence electrons. The number of aryl methyl sites for hydroxylation is 1. The van der Waals surface area contributed by atoms with Crippen LogP contribution in [-0.4, -0.2) is 21.7 Å². The van der Waals surface area contributed by atoms with Crippen molar-refractivity contribution < 1.29 is 4.39 Å². The van der Waals surface area contributed by atoms with E-state index in [1.807, 2.05) is 24.4 Å². The average molecular weight is 310 g/mol. The van der Waals surface area contributed by atoms with Gasteiger partial charge in [-0.15, -0.1) is 0 Å². The monoisotopic (exact) mass is 310 g/mol. The predicted molar refractivity (Wildman–Crippen MR) is 89.2 cm³/mol. The number of nitrogens with one attached hydrogen (secondary N) is 1. The largest absolute Gasteiger partial charge is 0.330 e. The lowest BCUT2D eigenvalue weighted by molar-refractivity contribution is 0.601. The molecule has 3 aromatic rings. The van der Waals surface area contributed by atoms with Gasteiger partial charge in [0.05, 0.1) is 6.20 Å². The van der Waals surface area contributed by atoms with E-state index < -0.39 is 0 Å². The van der Waals surface area contributed by atoms with Crippen LogP contribution in [0.4, 0.5) is 4.39 Å². The van der Waals surface area contributed by atoms with Crippen molar-refractivity contribution in [2.24, 2.45) is 5.73 Å². The Kier molecular flexibility index (Phi) is 4.78. The SMILES string of the molecule is NCCCCc1cc(-c2cn[nH]c2)c(-c2ccncc2)cc1F. The Labute approximate surface area is 134 Å². The van der Waals surface area contributed by atoms with Gasteiger partial charge in [-0.25, -0.2) is 4.39 Å². The Hall–Kier alpha value is -2.53. The summed E-state index contributed by atoms with van der Waals surface area (Å²) in [6.45, 7) is 0.630. The fraction of sp³-hybridized carbons (Fsp3) is 0.222. The van der Waals surface area contributed by atoms with Gasteiger partial charge >= 0.3 is 0 Å². The fourth-order valence-corrected chi connectivity index (χ4v) is 2.68. The highest BCUT2D eigenvalue weighted by molar-refractivity contribution is 5.83. The van der Waals surface area contributed by atoms with E-state index in [9.17, 15) is 4.39 Å². The average Bonchev–Trinajstić information content (AvgIpc) is 3.11. The zero-order valence-corrected chi connectivity index (χ0v) is 12.8. The lowest BCUT2D eigenvalue weighted by Gasteiger charge is -2.12. The highest BCUT2D eigenvalue weighted by Gasteiger charge is 2.13. The van der Waals surface area contributed by atoms with Crippen LogP contribution < -0.4 is 5.73 Å². The summed E-state index contributed by atoms with van der Waals surface area (Å²) in [5, 5.41) is 6.83. The van der Waals surface area contributed by atoms with Crippen LogP contribution in [0.1, 0.15) is 18.4 Å². The van der Waals surface area contributed by atoms with Crippen molar-refractivity contribution in [3.8, 4) is 22.3 Å². The Balaban J connectivity index is 2.06. The molecule has 0 radical (unpaired) electrons. The molecule has 2 heterocycles. The molecule has 2 aromatic heterocycles. The van der Waals surface area contributed by atoms with Crippen LogP contribution in [0.2, 0.25) is 0 Å². The van der Waals surface area contributed by atoms with E-state index in [0.29, 0.717) is 18.5 Å². The predicted octanol–water partition coefficient (Wildman–Crippen LogP) is 3.56. The molecule has 0 atom stereocenters. The molecule has 4 nitrogen and oxygen atoms in total. The van der Waals surface area contributed by atoms with Crippen LogP contribution in [0.5, 0.6) is 0 Å². The normalized spacial score (nSPS) is 10.9. The number of benzene rings is 1. The van der Waals surface area contributed by atoms with Crippen LogP contribution in [0.15, 0.2) is 49.1 Å². The van der Waals surface area contributed by atoms with Crippen molar-refractivity contribution in [2.45, 2.75) is 19.3 Å². The van der Waals surface area contributed by atoms with Gasteiger partial charge in [0.2, 0.25) is 0 Å². The van der Waals surface area contributed by atoms with E-state index >= 15 is 0 Å². The molecule has 0 fully saturated rings. The smallest absolute Gasteiger partial charge is 0.127 e. The number of nitrogens with two attached hydrogens (primary N) is 1. The van der Waals surface area contributed by atoms with E-state index in [0.717, 1.165) is 35.1 Å². The summed E-state index contributed by atoms with van der Waals surface area (Å²) < 4.78 is 14.5. The van der Waals surface area contributed by atoms with E-state index in [1.165, 1.54) is 0 Å². The molecule has 0 unspecified atom stereocenters. The molecule has 1 aromatic carbocycles. The first-order valence-electron chi connectivity index (χ1n) is 7.71. The second kappa shape index (κ2) is 7.15. The third-order valence-electron chi connectivity index (χ3n) is 3.89. The van der Waals surface area contributed by atoms with Crippen molar-refractivity contribution in [3.05, 3.63) is 60.4 Å². The van der Waals surface area contributed by atoms with Crippen molar-refractivity contribution >= 4 is 0 Å². The molecule has 3 rings (SSSR count). The second-order valence-corrected chi connectivity index (χ2v) is 5.46. The number of hydrogen-bond acceptors (Lipinski definition) is 3. The standard InChI is InChI=1S/C18H19FN4/c19-18-10-17(13-4-7-21-8-5-13)16(15-11-22-23-12-15)9-14(18)3-1-2-6-20/h4-5,7-12H,1-3,6,20H2,(H,22,23). The first-order valence-corrected chi connectivity index (χ1v) is 7.71. The Bertz CT molecular complexity index is 754. The first-order chi connectivity index (χ1) is 11.3. The minimum Gasteiger partial charge on any atom is -0.330 e. The quantitative estimate of drug-likeness (QED) is 0.684. The van der Waals surface area contributed by atoms with Crippen LogP contribution in [-0.2, 0) is 6.42 Å². The van der Waals surface area contributed by atoms with Crippen LogP contribution in [0, 0.1) is 5.82 Å². The minimum atomic E-state index is -0.180. The zero-order chi connectivity index (χ0) is 16.1. The summed E-state index contributed by atoms with van der Waals surface area (Å²) >= 11 is 0. The zero-order valence-electron chi connectivity index (χ0n) is 12.8. The molecule has 23 heavy (non-hydrogen) atoms. The summed E-state index contributed by atoms with van der Waals surface area (Å²) in [5.74, 6) is -0.180. The number of unbranched alkanes of at least 4 members (excludes halogenated alkanes) is 1. The number of H-pyrrole nitrogens is 1. The minimum absolute atomic E-state index is 0.180. The molecule has 0 spiro atoms. The van der Waals surface area contributed by atoms with Gasteiger partial charge in [-0.3, -0.25) is 10.1 Å². The summed E-state index contributed by atoms with van der Waals surface area (Å²) in [7, 11) is 0.